The lowest BCUT2D eigenvalue weighted by molar-refractivity contribution is -0.115. The average molecular weight is 373 g/mol. The minimum Gasteiger partial charge on any atom is -0.362 e. The molecule has 142 valence electrons. The van der Waals surface area contributed by atoms with Gasteiger partial charge in [-0.05, 0) is 44.5 Å². The maximum atomic E-state index is 12.8. The summed E-state index contributed by atoms with van der Waals surface area (Å²) in [6.45, 7) is 6.99. The predicted octanol–water partition coefficient (Wildman–Crippen LogP) is 3.83. The summed E-state index contributed by atoms with van der Waals surface area (Å²) in [5.74, 6) is 0.186. The van der Waals surface area contributed by atoms with Gasteiger partial charge in [0, 0.05) is 12.2 Å². The number of hydrogen-bond acceptors (Lipinski definition) is 4. The molecule has 0 aliphatic heterocycles. The summed E-state index contributed by atoms with van der Waals surface area (Å²) < 4.78 is 1.57. The molecule has 3 aromatic rings. The van der Waals surface area contributed by atoms with E-state index >= 15 is 0 Å². The van der Waals surface area contributed by atoms with Gasteiger partial charge in [0.15, 0.2) is 5.82 Å². The molecule has 0 atom stereocenters. The zero-order chi connectivity index (χ0) is 20.1. The Morgan fingerprint density at radius 2 is 1.96 bits per heavy atom. The third-order valence-corrected chi connectivity index (χ3v) is 4.56. The quantitative estimate of drug-likeness (QED) is 0.713. The molecule has 0 aliphatic carbocycles. The molecule has 1 amide bonds. The minimum atomic E-state index is -0.198. The number of hydrogen-bond donors (Lipinski definition) is 1. The van der Waals surface area contributed by atoms with Crippen molar-refractivity contribution in [3.63, 3.8) is 0 Å². The van der Waals surface area contributed by atoms with E-state index in [9.17, 15) is 10.1 Å². The largest absolute Gasteiger partial charge is 0.362 e. The summed E-state index contributed by atoms with van der Waals surface area (Å²) in [4.78, 5) is 14.8. The smallest absolute Gasteiger partial charge is 0.245 e. The number of anilines is 2. The van der Waals surface area contributed by atoms with Gasteiger partial charge < -0.3 is 10.2 Å². The summed E-state index contributed by atoms with van der Waals surface area (Å²) in [6.07, 6.45) is 1.46. The number of nitriles is 1. The number of para-hydroxylation sites is 1. The molecule has 0 saturated carbocycles. The summed E-state index contributed by atoms with van der Waals surface area (Å²) in [5.41, 5.74) is 4.45. The summed E-state index contributed by atoms with van der Waals surface area (Å²) in [6, 6.07) is 17.7. The molecular weight excluding hydrogens is 350 g/mol. The molecule has 0 spiro atoms. The topological polar surface area (TPSA) is 74.0 Å². The first-order chi connectivity index (χ1) is 13.5. The van der Waals surface area contributed by atoms with Gasteiger partial charge in [-0.1, -0.05) is 35.9 Å². The second kappa shape index (κ2) is 8.40. The van der Waals surface area contributed by atoms with Crippen molar-refractivity contribution in [1.82, 2.24) is 9.78 Å². The van der Waals surface area contributed by atoms with Crippen LogP contribution in [0.3, 0.4) is 0 Å². The number of nitrogens with zero attached hydrogens (tertiary/aromatic N) is 4. The van der Waals surface area contributed by atoms with E-state index in [1.54, 1.807) is 4.68 Å². The first kappa shape index (κ1) is 19.2. The van der Waals surface area contributed by atoms with Crippen molar-refractivity contribution in [3.8, 4) is 11.8 Å². The molecule has 1 aromatic heterocycles. The van der Waals surface area contributed by atoms with E-state index in [1.807, 2.05) is 68.1 Å². The van der Waals surface area contributed by atoms with Crippen molar-refractivity contribution in [1.29, 1.82) is 5.26 Å². The van der Waals surface area contributed by atoms with Gasteiger partial charge in [0.2, 0.25) is 5.91 Å². The van der Waals surface area contributed by atoms with Crippen LogP contribution in [0.5, 0.6) is 0 Å². The van der Waals surface area contributed by atoms with Crippen LogP contribution in [0, 0.1) is 25.2 Å². The van der Waals surface area contributed by atoms with E-state index in [4.69, 9.17) is 0 Å². The average Bonchev–Trinajstić information content (AvgIpc) is 3.09. The lowest BCUT2D eigenvalue weighted by Gasteiger charge is -2.24. The highest BCUT2D eigenvalue weighted by molar-refractivity contribution is 5.94. The zero-order valence-corrected chi connectivity index (χ0v) is 16.3. The molecule has 6 heteroatoms. The SMILES string of the molecule is CCN(CC(=O)Nc1c(C#N)cnn1-c1ccccc1)c1ccc(C)cc1C. The fourth-order valence-corrected chi connectivity index (χ4v) is 3.19. The lowest BCUT2D eigenvalue weighted by atomic mass is 10.1. The normalized spacial score (nSPS) is 10.4. The molecule has 2 aromatic carbocycles. The van der Waals surface area contributed by atoms with Crippen LogP contribution in [-0.4, -0.2) is 28.8 Å². The molecule has 0 radical (unpaired) electrons. The third-order valence-electron chi connectivity index (χ3n) is 4.56. The van der Waals surface area contributed by atoms with Crippen LogP contribution >= 0.6 is 0 Å². The number of likely N-dealkylation sites (N-methyl/N-ethyl adjacent to an activating group) is 1. The molecule has 0 aliphatic rings. The van der Waals surface area contributed by atoms with Crippen LogP contribution in [0.2, 0.25) is 0 Å². The molecule has 0 saturated heterocycles. The van der Waals surface area contributed by atoms with Crippen LogP contribution in [0.1, 0.15) is 23.6 Å². The monoisotopic (exact) mass is 373 g/mol. The predicted molar refractivity (Wildman–Crippen MR) is 111 cm³/mol. The van der Waals surface area contributed by atoms with Gasteiger partial charge in [0.05, 0.1) is 18.4 Å². The number of amides is 1. The van der Waals surface area contributed by atoms with Crippen LogP contribution < -0.4 is 10.2 Å². The van der Waals surface area contributed by atoms with Gasteiger partial charge in [-0.3, -0.25) is 4.79 Å². The molecule has 0 unspecified atom stereocenters. The highest BCUT2D eigenvalue weighted by atomic mass is 16.2. The van der Waals surface area contributed by atoms with Crippen molar-refractivity contribution in [2.45, 2.75) is 20.8 Å². The van der Waals surface area contributed by atoms with Crippen LogP contribution in [-0.2, 0) is 4.79 Å². The first-order valence-electron chi connectivity index (χ1n) is 9.19. The van der Waals surface area contributed by atoms with Crippen LogP contribution in [0.15, 0.2) is 54.7 Å². The molecule has 0 fully saturated rings. The molecule has 6 nitrogen and oxygen atoms in total. The minimum absolute atomic E-state index is 0.186. The molecule has 0 bridgehead atoms. The number of carbonyl (C=O) groups is 1. The van der Waals surface area contributed by atoms with E-state index < -0.39 is 0 Å². The first-order valence-corrected chi connectivity index (χ1v) is 9.19. The number of rotatable bonds is 6. The Bertz CT molecular complexity index is 1020. The van der Waals surface area contributed by atoms with Gasteiger partial charge in [0.25, 0.3) is 0 Å². The summed E-state index contributed by atoms with van der Waals surface area (Å²) >= 11 is 0. The standard InChI is InChI=1S/C22H23N5O/c1-4-26(20-11-10-16(2)12-17(20)3)15-21(28)25-22-18(13-23)14-24-27(22)19-8-6-5-7-9-19/h5-12,14H,4,15H2,1-3H3,(H,25,28). The molecular formula is C22H23N5O. The Balaban J connectivity index is 1.83. The van der Waals surface area contributed by atoms with E-state index in [1.165, 1.54) is 11.8 Å². The fourth-order valence-electron chi connectivity index (χ4n) is 3.19. The van der Waals surface area contributed by atoms with Crippen molar-refractivity contribution in [2.24, 2.45) is 0 Å². The van der Waals surface area contributed by atoms with Crippen LogP contribution in [0.4, 0.5) is 11.5 Å². The third kappa shape index (κ3) is 4.04. The number of carbonyl (C=O) groups excluding carboxylic acids is 1. The number of nitrogens with one attached hydrogen (secondary N) is 1. The molecule has 28 heavy (non-hydrogen) atoms. The summed E-state index contributed by atoms with van der Waals surface area (Å²) in [5, 5.41) is 16.5. The number of aromatic nitrogens is 2. The highest BCUT2D eigenvalue weighted by Gasteiger charge is 2.17. The summed E-state index contributed by atoms with van der Waals surface area (Å²) in [7, 11) is 0. The Hall–Kier alpha value is -3.59. The van der Waals surface area contributed by atoms with Gasteiger partial charge >= 0.3 is 0 Å². The van der Waals surface area contributed by atoms with Crippen molar-refractivity contribution >= 4 is 17.4 Å². The second-order valence-electron chi connectivity index (χ2n) is 6.62. The Morgan fingerprint density at radius 3 is 2.61 bits per heavy atom. The van der Waals surface area contributed by atoms with E-state index in [0.29, 0.717) is 17.9 Å². The van der Waals surface area contributed by atoms with E-state index in [0.717, 1.165) is 16.9 Å². The Morgan fingerprint density at radius 1 is 1.21 bits per heavy atom. The Kier molecular flexibility index (Phi) is 5.75. The van der Waals surface area contributed by atoms with Crippen LogP contribution in [0.25, 0.3) is 5.69 Å². The van der Waals surface area contributed by atoms with Crippen molar-refractivity contribution in [2.75, 3.05) is 23.3 Å². The number of aryl methyl sites for hydroxylation is 2. The molecule has 1 N–H and O–H groups in total. The van der Waals surface area contributed by atoms with Crippen molar-refractivity contribution < 1.29 is 4.79 Å². The second-order valence-corrected chi connectivity index (χ2v) is 6.62. The molecule has 1 heterocycles. The highest BCUT2D eigenvalue weighted by Crippen LogP contribution is 2.22. The van der Waals surface area contributed by atoms with Crippen molar-refractivity contribution in [3.05, 3.63) is 71.4 Å². The molecule has 3 rings (SSSR count). The van der Waals surface area contributed by atoms with Gasteiger partial charge in [-0.25, -0.2) is 4.68 Å². The maximum Gasteiger partial charge on any atom is 0.245 e. The fraction of sp³-hybridized carbons (Fsp3) is 0.227. The van der Waals surface area contributed by atoms with Gasteiger partial charge in [0.1, 0.15) is 11.6 Å². The van der Waals surface area contributed by atoms with E-state index in [-0.39, 0.29) is 12.5 Å². The lowest BCUT2D eigenvalue weighted by Crippen LogP contribution is -2.34. The van der Waals surface area contributed by atoms with E-state index in [2.05, 4.69) is 22.6 Å². The maximum absolute atomic E-state index is 12.8. The number of benzene rings is 2. The van der Waals surface area contributed by atoms with Gasteiger partial charge in [-0.2, -0.15) is 10.4 Å². The zero-order valence-electron chi connectivity index (χ0n) is 16.3. The Labute approximate surface area is 165 Å². The van der Waals surface area contributed by atoms with Gasteiger partial charge in [-0.15, -0.1) is 0 Å².